The van der Waals surface area contributed by atoms with Crippen molar-refractivity contribution in [3.05, 3.63) is 0 Å². The van der Waals surface area contributed by atoms with Crippen molar-refractivity contribution in [3.8, 4) is 0 Å². The third-order valence-corrected chi connectivity index (χ3v) is 3.20. The fourth-order valence-corrected chi connectivity index (χ4v) is 2.24. The van der Waals surface area contributed by atoms with Crippen molar-refractivity contribution in [1.82, 2.24) is 14.7 Å². The summed E-state index contributed by atoms with van der Waals surface area (Å²) in [5.41, 5.74) is 5.82. The third kappa shape index (κ3) is 4.44. The Bertz CT molecular complexity index is 252. The first-order chi connectivity index (χ1) is 8.58. The van der Waals surface area contributed by atoms with E-state index in [2.05, 4.69) is 23.9 Å². The summed E-state index contributed by atoms with van der Waals surface area (Å²) in [6.07, 6.45) is -0.200. The molecule has 0 bridgehead atoms. The molecule has 1 aliphatic rings. The number of likely N-dealkylation sites (N-methyl/N-ethyl adjacent to an activating group) is 1. The zero-order valence-electron chi connectivity index (χ0n) is 11.8. The second kappa shape index (κ2) is 7.56. The molecule has 106 valence electrons. The fraction of sp³-hybridized carbons (Fsp3) is 0.917. The lowest BCUT2D eigenvalue weighted by molar-refractivity contribution is 0.0622. The van der Waals surface area contributed by atoms with Gasteiger partial charge in [0.2, 0.25) is 0 Å². The molecule has 1 amide bonds. The van der Waals surface area contributed by atoms with Gasteiger partial charge in [0, 0.05) is 45.3 Å². The number of rotatable bonds is 5. The summed E-state index contributed by atoms with van der Waals surface area (Å²) in [5, 5.41) is 0. The Morgan fingerprint density at radius 3 is 2.39 bits per heavy atom. The van der Waals surface area contributed by atoms with Gasteiger partial charge in [-0.1, -0.05) is 0 Å². The van der Waals surface area contributed by atoms with E-state index in [1.807, 2.05) is 6.92 Å². The largest absolute Gasteiger partial charge is 0.450 e. The van der Waals surface area contributed by atoms with E-state index in [0.717, 1.165) is 32.7 Å². The molecule has 0 aromatic heterocycles. The van der Waals surface area contributed by atoms with Crippen molar-refractivity contribution in [1.29, 1.82) is 0 Å². The summed E-state index contributed by atoms with van der Waals surface area (Å²) >= 11 is 0. The molecule has 1 atom stereocenters. The molecule has 0 saturated carbocycles. The first kappa shape index (κ1) is 15.2. The second-order valence-electron chi connectivity index (χ2n) is 4.87. The average molecular weight is 258 g/mol. The van der Waals surface area contributed by atoms with Crippen LogP contribution in [0.4, 0.5) is 4.79 Å². The number of nitrogens with zero attached hydrogens (tertiary/aromatic N) is 3. The number of carbonyl (C=O) groups is 1. The highest BCUT2D eigenvalue weighted by Gasteiger charge is 2.26. The Morgan fingerprint density at radius 2 is 1.94 bits per heavy atom. The molecular formula is C12H26N4O2. The first-order valence-electron chi connectivity index (χ1n) is 6.59. The SMILES string of the molecule is CCOC(=O)N1CCN(C(CN)CN(C)C)CC1. The Balaban J connectivity index is 2.39. The monoisotopic (exact) mass is 258 g/mol. The summed E-state index contributed by atoms with van der Waals surface area (Å²) in [6.45, 7) is 7.06. The number of amides is 1. The van der Waals surface area contributed by atoms with Gasteiger partial charge in [0.15, 0.2) is 0 Å². The predicted molar refractivity (Wildman–Crippen MR) is 71.6 cm³/mol. The molecule has 1 unspecified atom stereocenters. The van der Waals surface area contributed by atoms with Crippen LogP contribution in [0.1, 0.15) is 6.92 Å². The third-order valence-electron chi connectivity index (χ3n) is 3.20. The topological polar surface area (TPSA) is 62.0 Å². The molecule has 1 fully saturated rings. The minimum Gasteiger partial charge on any atom is -0.450 e. The van der Waals surface area contributed by atoms with Crippen molar-refractivity contribution >= 4 is 6.09 Å². The molecule has 1 saturated heterocycles. The van der Waals surface area contributed by atoms with E-state index in [-0.39, 0.29) is 6.09 Å². The summed E-state index contributed by atoms with van der Waals surface area (Å²) in [4.78, 5) is 17.8. The molecule has 0 spiro atoms. The van der Waals surface area contributed by atoms with E-state index >= 15 is 0 Å². The van der Waals surface area contributed by atoms with Crippen molar-refractivity contribution in [2.24, 2.45) is 5.73 Å². The molecule has 18 heavy (non-hydrogen) atoms. The molecule has 2 N–H and O–H groups in total. The highest BCUT2D eigenvalue weighted by molar-refractivity contribution is 5.67. The van der Waals surface area contributed by atoms with Crippen LogP contribution in [0.15, 0.2) is 0 Å². The highest BCUT2D eigenvalue weighted by Crippen LogP contribution is 2.08. The van der Waals surface area contributed by atoms with Crippen LogP contribution in [0.25, 0.3) is 0 Å². The highest BCUT2D eigenvalue weighted by atomic mass is 16.6. The van der Waals surface area contributed by atoms with Crippen LogP contribution in [0.5, 0.6) is 0 Å². The number of carbonyl (C=O) groups excluding carboxylic acids is 1. The van der Waals surface area contributed by atoms with Gasteiger partial charge in [0.25, 0.3) is 0 Å². The van der Waals surface area contributed by atoms with Crippen LogP contribution in [-0.4, -0.2) is 86.8 Å². The van der Waals surface area contributed by atoms with Crippen LogP contribution in [0.2, 0.25) is 0 Å². The van der Waals surface area contributed by atoms with E-state index < -0.39 is 0 Å². The molecule has 0 aromatic carbocycles. The van der Waals surface area contributed by atoms with Crippen LogP contribution < -0.4 is 5.73 Å². The smallest absolute Gasteiger partial charge is 0.409 e. The Kier molecular flexibility index (Phi) is 6.38. The Morgan fingerprint density at radius 1 is 1.33 bits per heavy atom. The van der Waals surface area contributed by atoms with Crippen molar-refractivity contribution in [3.63, 3.8) is 0 Å². The maximum absolute atomic E-state index is 11.6. The first-order valence-corrected chi connectivity index (χ1v) is 6.59. The van der Waals surface area contributed by atoms with E-state index in [1.165, 1.54) is 0 Å². The average Bonchev–Trinajstić information content (AvgIpc) is 2.36. The zero-order chi connectivity index (χ0) is 13.5. The van der Waals surface area contributed by atoms with Crippen LogP contribution in [0, 0.1) is 0 Å². The Labute approximate surface area is 110 Å². The maximum Gasteiger partial charge on any atom is 0.409 e. The van der Waals surface area contributed by atoms with Gasteiger partial charge < -0.3 is 20.3 Å². The summed E-state index contributed by atoms with van der Waals surface area (Å²) in [6, 6.07) is 0.365. The van der Waals surface area contributed by atoms with Crippen LogP contribution >= 0.6 is 0 Å². The van der Waals surface area contributed by atoms with E-state index in [1.54, 1.807) is 4.90 Å². The van der Waals surface area contributed by atoms with Gasteiger partial charge in [-0.05, 0) is 21.0 Å². The fourth-order valence-electron chi connectivity index (χ4n) is 2.24. The van der Waals surface area contributed by atoms with Gasteiger partial charge in [-0.3, -0.25) is 4.90 Å². The lowest BCUT2D eigenvalue weighted by atomic mass is 10.2. The number of ether oxygens (including phenoxy) is 1. The normalized spacial score (nSPS) is 19.1. The molecular weight excluding hydrogens is 232 g/mol. The summed E-state index contributed by atoms with van der Waals surface area (Å²) < 4.78 is 5.00. The van der Waals surface area contributed by atoms with Crippen molar-refractivity contribution < 1.29 is 9.53 Å². The molecule has 0 aromatic rings. The van der Waals surface area contributed by atoms with Gasteiger partial charge in [-0.15, -0.1) is 0 Å². The Hall–Kier alpha value is -0.850. The summed E-state index contributed by atoms with van der Waals surface area (Å²) in [7, 11) is 4.11. The molecule has 0 radical (unpaired) electrons. The van der Waals surface area contributed by atoms with Gasteiger partial charge >= 0.3 is 6.09 Å². The van der Waals surface area contributed by atoms with E-state index in [4.69, 9.17) is 10.5 Å². The van der Waals surface area contributed by atoms with E-state index in [9.17, 15) is 4.79 Å². The zero-order valence-corrected chi connectivity index (χ0v) is 11.8. The molecule has 1 aliphatic heterocycles. The van der Waals surface area contributed by atoms with Gasteiger partial charge in [0.05, 0.1) is 6.61 Å². The van der Waals surface area contributed by atoms with Crippen LogP contribution in [0.3, 0.4) is 0 Å². The predicted octanol–water partition coefficient (Wildman–Crippen LogP) is -0.351. The lowest BCUT2D eigenvalue weighted by Gasteiger charge is -2.39. The van der Waals surface area contributed by atoms with Gasteiger partial charge in [-0.25, -0.2) is 4.79 Å². The second-order valence-corrected chi connectivity index (χ2v) is 4.87. The maximum atomic E-state index is 11.6. The lowest BCUT2D eigenvalue weighted by Crippen LogP contribution is -2.56. The van der Waals surface area contributed by atoms with Gasteiger partial charge in [0.1, 0.15) is 0 Å². The molecule has 6 nitrogen and oxygen atoms in total. The standard InChI is InChI=1S/C12H26N4O2/c1-4-18-12(17)16-7-5-15(6-8-16)11(9-13)10-14(2)3/h11H,4-10,13H2,1-3H3. The molecule has 1 rings (SSSR count). The van der Waals surface area contributed by atoms with Crippen molar-refractivity contribution in [2.45, 2.75) is 13.0 Å². The molecule has 6 heteroatoms. The molecule has 1 heterocycles. The summed E-state index contributed by atoms with van der Waals surface area (Å²) in [5.74, 6) is 0. The van der Waals surface area contributed by atoms with Crippen molar-refractivity contribution in [2.75, 3.05) is 60.0 Å². The van der Waals surface area contributed by atoms with Gasteiger partial charge in [-0.2, -0.15) is 0 Å². The number of nitrogens with two attached hydrogens (primary N) is 1. The minimum absolute atomic E-state index is 0.200. The van der Waals surface area contributed by atoms with Crippen LogP contribution in [-0.2, 0) is 4.74 Å². The quantitative estimate of drug-likeness (QED) is 0.730. The number of piperazine rings is 1. The van der Waals surface area contributed by atoms with E-state index in [0.29, 0.717) is 19.2 Å². The number of hydrogen-bond acceptors (Lipinski definition) is 5. The molecule has 0 aliphatic carbocycles. The minimum atomic E-state index is -0.200. The number of hydrogen-bond donors (Lipinski definition) is 1.